The minimum atomic E-state index is -0.631. The van der Waals surface area contributed by atoms with Gasteiger partial charge in [-0.25, -0.2) is 4.98 Å². The highest BCUT2D eigenvalue weighted by Crippen LogP contribution is 2.34. The molecule has 0 radical (unpaired) electrons. The summed E-state index contributed by atoms with van der Waals surface area (Å²) < 4.78 is 0. The number of aliphatic imine (C=N–C) groups is 1. The highest BCUT2D eigenvalue weighted by Gasteiger charge is 2.17. The molecule has 0 spiro atoms. The topological polar surface area (TPSA) is 96.2 Å². The third kappa shape index (κ3) is 4.85. The van der Waals surface area contributed by atoms with Gasteiger partial charge in [-0.1, -0.05) is 12.1 Å². The standard InChI is InChI=1S/C28H26N6O/c1-17-16-29-12-11-23(17)28-24(19(3)35)7-8-25(32-28)21-10-13-30-26-15-22(6-5-20(26)14-21)31-27-9-4-18(2)33-34-27/h4-13,15-16,19,35H,14H2,1-3H3,(H,31,34). The van der Waals surface area contributed by atoms with Crippen molar-refractivity contribution in [2.75, 3.05) is 5.32 Å². The van der Waals surface area contributed by atoms with E-state index in [2.05, 4.69) is 31.6 Å². The van der Waals surface area contributed by atoms with E-state index in [0.717, 1.165) is 56.3 Å². The van der Waals surface area contributed by atoms with E-state index in [4.69, 9.17) is 4.98 Å². The quantitative estimate of drug-likeness (QED) is 0.396. The Labute approximate surface area is 204 Å². The molecule has 3 aromatic heterocycles. The van der Waals surface area contributed by atoms with Crippen LogP contribution in [0.3, 0.4) is 0 Å². The third-order valence-corrected chi connectivity index (χ3v) is 6.01. The second-order valence-corrected chi connectivity index (χ2v) is 8.68. The highest BCUT2D eigenvalue weighted by atomic mass is 16.3. The number of allylic oxidation sites excluding steroid dienone is 2. The van der Waals surface area contributed by atoms with Crippen molar-refractivity contribution in [1.29, 1.82) is 0 Å². The smallest absolute Gasteiger partial charge is 0.153 e. The lowest BCUT2D eigenvalue weighted by Gasteiger charge is -2.16. The van der Waals surface area contributed by atoms with Crippen LogP contribution in [0.5, 0.6) is 0 Å². The molecule has 4 heterocycles. The number of aryl methyl sites for hydroxylation is 2. The first-order chi connectivity index (χ1) is 17.0. The summed E-state index contributed by atoms with van der Waals surface area (Å²) in [5.41, 5.74) is 9.24. The van der Waals surface area contributed by atoms with Crippen LogP contribution < -0.4 is 5.32 Å². The zero-order chi connectivity index (χ0) is 24.4. The van der Waals surface area contributed by atoms with Crippen molar-refractivity contribution in [2.24, 2.45) is 4.99 Å². The lowest BCUT2D eigenvalue weighted by atomic mass is 9.96. The molecule has 0 saturated carbocycles. The predicted molar refractivity (Wildman–Crippen MR) is 139 cm³/mol. The summed E-state index contributed by atoms with van der Waals surface area (Å²) in [7, 11) is 0. The summed E-state index contributed by atoms with van der Waals surface area (Å²) in [4.78, 5) is 13.9. The number of fused-ring (bicyclic) bond motifs is 1. The van der Waals surface area contributed by atoms with Gasteiger partial charge in [0.15, 0.2) is 5.82 Å². The Balaban J connectivity index is 1.45. The van der Waals surface area contributed by atoms with Crippen molar-refractivity contribution >= 4 is 29.0 Å². The average Bonchev–Trinajstić information content (AvgIpc) is 3.07. The fourth-order valence-corrected chi connectivity index (χ4v) is 4.11. The number of anilines is 2. The molecule has 0 amide bonds. The normalized spacial score (nSPS) is 13.5. The van der Waals surface area contributed by atoms with Crippen LogP contribution >= 0.6 is 0 Å². The second-order valence-electron chi connectivity index (χ2n) is 8.68. The molecule has 7 nitrogen and oxygen atoms in total. The Morgan fingerprint density at radius 2 is 1.89 bits per heavy atom. The zero-order valence-electron chi connectivity index (χ0n) is 19.9. The van der Waals surface area contributed by atoms with Crippen LogP contribution in [0.4, 0.5) is 17.2 Å². The van der Waals surface area contributed by atoms with E-state index >= 15 is 0 Å². The van der Waals surface area contributed by atoms with E-state index in [1.807, 2.05) is 74.8 Å². The van der Waals surface area contributed by atoms with E-state index in [0.29, 0.717) is 12.2 Å². The molecule has 1 aliphatic heterocycles. The first-order valence-electron chi connectivity index (χ1n) is 11.5. The van der Waals surface area contributed by atoms with E-state index < -0.39 is 6.10 Å². The molecule has 0 fully saturated rings. The number of rotatable bonds is 5. The van der Waals surface area contributed by atoms with Gasteiger partial charge in [0.2, 0.25) is 0 Å². The van der Waals surface area contributed by atoms with Crippen LogP contribution in [0.15, 0.2) is 72.0 Å². The Hall–Kier alpha value is -4.23. The monoisotopic (exact) mass is 462 g/mol. The van der Waals surface area contributed by atoms with Gasteiger partial charge in [-0.05, 0) is 79.9 Å². The van der Waals surface area contributed by atoms with Gasteiger partial charge in [-0.15, -0.1) is 5.10 Å². The van der Waals surface area contributed by atoms with Crippen molar-refractivity contribution in [3.63, 3.8) is 0 Å². The van der Waals surface area contributed by atoms with Crippen LogP contribution in [0.1, 0.15) is 41.1 Å². The molecule has 5 rings (SSSR count). The Kier molecular flexibility index (Phi) is 6.16. The van der Waals surface area contributed by atoms with Crippen molar-refractivity contribution in [1.82, 2.24) is 20.2 Å². The molecule has 0 aliphatic carbocycles. The van der Waals surface area contributed by atoms with Gasteiger partial charge in [-0.3, -0.25) is 9.98 Å². The zero-order valence-corrected chi connectivity index (χ0v) is 19.9. The summed E-state index contributed by atoms with van der Waals surface area (Å²) in [6, 6.07) is 15.8. The lowest BCUT2D eigenvalue weighted by molar-refractivity contribution is 0.199. The van der Waals surface area contributed by atoms with E-state index in [1.165, 1.54) is 0 Å². The van der Waals surface area contributed by atoms with E-state index in [1.54, 1.807) is 13.1 Å². The number of aliphatic hydroxyl groups is 1. The SMILES string of the molecule is Cc1ccc(Nc2ccc3c(c2)N=CC=C(c2ccc(C(C)O)c(-c4ccncc4C)n2)C3)nn1. The van der Waals surface area contributed by atoms with Gasteiger partial charge < -0.3 is 10.4 Å². The minimum Gasteiger partial charge on any atom is -0.389 e. The number of hydrogen-bond acceptors (Lipinski definition) is 7. The Bertz CT molecular complexity index is 1440. The van der Waals surface area contributed by atoms with Crippen LogP contribution in [-0.4, -0.2) is 31.5 Å². The van der Waals surface area contributed by atoms with Crippen LogP contribution in [0, 0.1) is 13.8 Å². The number of pyridine rings is 2. The van der Waals surface area contributed by atoms with Crippen molar-refractivity contribution in [2.45, 2.75) is 33.3 Å². The molecule has 0 saturated heterocycles. The maximum Gasteiger partial charge on any atom is 0.153 e. The summed E-state index contributed by atoms with van der Waals surface area (Å²) >= 11 is 0. The predicted octanol–water partition coefficient (Wildman–Crippen LogP) is 5.69. The molecule has 0 bridgehead atoms. The molecule has 7 heteroatoms. The van der Waals surface area contributed by atoms with Crippen molar-refractivity contribution in [3.8, 4) is 11.3 Å². The lowest BCUT2D eigenvalue weighted by Crippen LogP contribution is -2.03. The molecule has 1 atom stereocenters. The number of aliphatic hydroxyl groups excluding tert-OH is 1. The van der Waals surface area contributed by atoms with Crippen LogP contribution in [0.2, 0.25) is 0 Å². The molecule has 2 N–H and O–H groups in total. The van der Waals surface area contributed by atoms with Crippen LogP contribution in [-0.2, 0) is 6.42 Å². The van der Waals surface area contributed by atoms with Gasteiger partial charge in [0.05, 0.1) is 28.9 Å². The minimum absolute atomic E-state index is 0.631. The fourth-order valence-electron chi connectivity index (χ4n) is 4.11. The van der Waals surface area contributed by atoms with Gasteiger partial charge in [0.25, 0.3) is 0 Å². The summed E-state index contributed by atoms with van der Waals surface area (Å²) in [6.45, 7) is 5.68. The molecule has 1 aromatic carbocycles. The van der Waals surface area contributed by atoms with Gasteiger partial charge >= 0.3 is 0 Å². The molecule has 1 unspecified atom stereocenters. The average molecular weight is 463 g/mol. The number of nitrogens with zero attached hydrogens (tertiary/aromatic N) is 5. The van der Waals surface area contributed by atoms with E-state index in [-0.39, 0.29) is 0 Å². The highest BCUT2D eigenvalue weighted by molar-refractivity contribution is 5.89. The number of aromatic nitrogens is 4. The molecule has 1 aliphatic rings. The van der Waals surface area contributed by atoms with Gasteiger partial charge in [-0.2, -0.15) is 5.10 Å². The fraction of sp³-hybridized carbons (Fsp3) is 0.179. The van der Waals surface area contributed by atoms with E-state index in [9.17, 15) is 5.11 Å². The largest absolute Gasteiger partial charge is 0.389 e. The number of nitrogens with one attached hydrogen (secondary N) is 1. The molecule has 174 valence electrons. The van der Waals surface area contributed by atoms with Gasteiger partial charge in [0.1, 0.15) is 0 Å². The maximum absolute atomic E-state index is 10.4. The van der Waals surface area contributed by atoms with Crippen molar-refractivity contribution < 1.29 is 5.11 Å². The first kappa shape index (κ1) is 22.6. The molecular formula is C28H26N6O. The third-order valence-electron chi connectivity index (χ3n) is 6.01. The van der Waals surface area contributed by atoms with Gasteiger partial charge in [0, 0.05) is 41.8 Å². The van der Waals surface area contributed by atoms with Crippen LogP contribution in [0.25, 0.3) is 16.8 Å². The second kappa shape index (κ2) is 9.56. The Morgan fingerprint density at radius 1 is 1.00 bits per heavy atom. The number of benzene rings is 1. The molecule has 4 aromatic rings. The van der Waals surface area contributed by atoms with Crippen molar-refractivity contribution in [3.05, 3.63) is 95.1 Å². The summed E-state index contributed by atoms with van der Waals surface area (Å²) in [5, 5.41) is 21.9. The number of hydrogen-bond donors (Lipinski definition) is 2. The molecule has 35 heavy (non-hydrogen) atoms. The first-order valence-corrected chi connectivity index (χ1v) is 11.5. The summed E-state index contributed by atoms with van der Waals surface area (Å²) in [6.07, 6.45) is 7.45. The maximum atomic E-state index is 10.4. The summed E-state index contributed by atoms with van der Waals surface area (Å²) in [5.74, 6) is 0.688. The molecular weight excluding hydrogens is 436 g/mol. The Morgan fingerprint density at radius 3 is 2.66 bits per heavy atom.